The monoisotopic (exact) mass is 430 g/mol. The van der Waals surface area contributed by atoms with Gasteiger partial charge in [0, 0.05) is 11.7 Å². The number of hydrogen-bond donors (Lipinski definition) is 3. The molecule has 2 rings (SSSR count). The molecule has 0 bridgehead atoms. The maximum atomic E-state index is 11.9. The number of carbonyl (C=O) groups excluding carboxylic acids is 1. The van der Waals surface area contributed by atoms with E-state index in [2.05, 4.69) is 22.5 Å². The minimum absolute atomic E-state index is 0. The average molecular weight is 430 g/mol. The topological polar surface area (TPSA) is 79.5 Å². The highest BCUT2D eigenvalue weighted by Crippen LogP contribution is 2.17. The fraction of sp³-hybridized carbons (Fsp3) is 0.529. The van der Waals surface area contributed by atoms with Gasteiger partial charge in [-0.05, 0) is 37.0 Å². The molecule has 1 amide bonds. The molecular formula is C17H27IN4O. The summed E-state index contributed by atoms with van der Waals surface area (Å²) in [6.07, 6.45) is 6.98. The van der Waals surface area contributed by atoms with Gasteiger partial charge in [-0.3, -0.25) is 4.79 Å². The van der Waals surface area contributed by atoms with Crippen molar-refractivity contribution in [3.8, 4) is 0 Å². The van der Waals surface area contributed by atoms with Gasteiger partial charge in [-0.25, -0.2) is 4.99 Å². The third-order valence-electron chi connectivity index (χ3n) is 3.97. The van der Waals surface area contributed by atoms with Crippen LogP contribution in [0.3, 0.4) is 0 Å². The molecule has 1 aromatic rings. The first-order chi connectivity index (χ1) is 10.7. The summed E-state index contributed by atoms with van der Waals surface area (Å²) in [4.78, 5) is 16.0. The molecule has 23 heavy (non-hydrogen) atoms. The summed E-state index contributed by atoms with van der Waals surface area (Å²) in [7, 11) is 0. The van der Waals surface area contributed by atoms with E-state index in [1.807, 2.05) is 24.3 Å². The number of hydrogen-bond acceptors (Lipinski definition) is 2. The molecular weight excluding hydrogens is 403 g/mol. The van der Waals surface area contributed by atoms with Crippen molar-refractivity contribution in [2.24, 2.45) is 10.7 Å². The maximum absolute atomic E-state index is 11.9. The van der Waals surface area contributed by atoms with Crippen molar-refractivity contribution in [3.05, 3.63) is 29.8 Å². The Balaban J connectivity index is 0.00000264. The first-order valence-electron chi connectivity index (χ1n) is 8.12. The number of amides is 1. The molecule has 0 unspecified atom stereocenters. The molecule has 5 nitrogen and oxygen atoms in total. The highest BCUT2D eigenvalue weighted by molar-refractivity contribution is 14.0. The molecule has 1 saturated carbocycles. The lowest BCUT2D eigenvalue weighted by atomic mass is 9.96. The molecule has 0 spiro atoms. The Bertz CT molecular complexity index is 527. The zero-order valence-corrected chi connectivity index (χ0v) is 16.0. The molecule has 0 aromatic heterocycles. The van der Waals surface area contributed by atoms with E-state index in [1.165, 1.54) is 24.8 Å². The standard InChI is InChI=1S/C17H26N4O.HI/c1-2-13-7-6-10-15(11-13)20-16(22)12-19-17(18)21-14-8-4-3-5-9-14;/h6-7,10-11,14H,2-5,8-9,12H2,1H3,(H,20,22)(H3,18,19,21);1H. The number of benzene rings is 1. The van der Waals surface area contributed by atoms with Crippen molar-refractivity contribution < 1.29 is 4.79 Å². The van der Waals surface area contributed by atoms with Crippen LogP contribution in [-0.4, -0.2) is 24.5 Å². The Morgan fingerprint density at radius 2 is 2.04 bits per heavy atom. The predicted molar refractivity (Wildman–Crippen MR) is 106 cm³/mol. The minimum Gasteiger partial charge on any atom is -0.370 e. The number of carbonyl (C=O) groups is 1. The summed E-state index contributed by atoms with van der Waals surface area (Å²) in [5.41, 5.74) is 7.85. The molecule has 6 heteroatoms. The van der Waals surface area contributed by atoms with Gasteiger partial charge in [-0.2, -0.15) is 0 Å². The molecule has 0 aliphatic heterocycles. The van der Waals surface area contributed by atoms with Crippen molar-refractivity contribution in [3.63, 3.8) is 0 Å². The van der Waals surface area contributed by atoms with Gasteiger partial charge in [0.15, 0.2) is 5.96 Å². The van der Waals surface area contributed by atoms with Gasteiger partial charge in [-0.1, -0.05) is 38.3 Å². The van der Waals surface area contributed by atoms with Crippen LogP contribution in [0.1, 0.15) is 44.6 Å². The Labute approximate surface area is 155 Å². The first kappa shape index (κ1) is 19.7. The van der Waals surface area contributed by atoms with E-state index in [1.54, 1.807) is 0 Å². The Morgan fingerprint density at radius 3 is 2.74 bits per heavy atom. The van der Waals surface area contributed by atoms with Gasteiger partial charge in [0.05, 0.1) is 0 Å². The summed E-state index contributed by atoms with van der Waals surface area (Å²) in [5.74, 6) is 0.214. The molecule has 1 fully saturated rings. The van der Waals surface area contributed by atoms with E-state index in [4.69, 9.17) is 5.73 Å². The van der Waals surface area contributed by atoms with Crippen LogP contribution in [-0.2, 0) is 11.2 Å². The molecule has 1 aromatic carbocycles. The van der Waals surface area contributed by atoms with Crippen LogP contribution in [0.25, 0.3) is 0 Å². The average Bonchev–Trinajstić information content (AvgIpc) is 2.54. The predicted octanol–water partition coefficient (Wildman–Crippen LogP) is 3.04. The van der Waals surface area contributed by atoms with Crippen molar-refractivity contribution in [2.45, 2.75) is 51.5 Å². The molecule has 1 aliphatic carbocycles. The molecule has 1 aliphatic rings. The van der Waals surface area contributed by atoms with Gasteiger partial charge < -0.3 is 16.4 Å². The third kappa shape index (κ3) is 7.20. The van der Waals surface area contributed by atoms with Gasteiger partial charge >= 0.3 is 0 Å². The summed E-state index contributed by atoms with van der Waals surface area (Å²) >= 11 is 0. The SMILES string of the molecule is CCc1cccc(NC(=O)CN=C(N)NC2CCCCC2)c1.I. The van der Waals surface area contributed by atoms with Crippen LogP contribution in [0.15, 0.2) is 29.3 Å². The zero-order valence-electron chi connectivity index (χ0n) is 13.7. The smallest absolute Gasteiger partial charge is 0.246 e. The summed E-state index contributed by atoms with van der Waals surface area (Å²) in [5, 5.41) is 6.05. The Hall–Kier alpha value is -1.31. The molecule has 128 valence electrons. The van der Waals surface area contributed by atoms with Crippen molar-refractivity contribution in [1.29, 1.82) is 0 Å². The number of nitrogens with two attached hydrogens (primary N) is 1. The van der Waals surface area contributed by atoms with Crippen molar-refractivity contribution in [1.82, 2.24) is 5.32 Å². The van der Waals surface area contributed by atoms with E-state index in [-0.39, 0.29) is 36.4 Å². The summed E-state index contributed by atoms with van der Waals surface area (Å²) in [6, 6.07) is 8.24. The van der Waals surface area contributed by atoms with Gasteiger partial charge in [0.1, 0.15) is 6.54 Å². The lowest BCUT2D eigenvalue weighted by molar-refractivity contribution is -0.114. The number of aliphatic imine (C=N–C) groups is 1. The van der Waals surface area contributed by atoms with E-state index >= 15 is 0 Å². The molecule has 0 heterocycles. The number of nitrogens with one attached hydrogen (secondary N) is 2. The number of guanidine groups is 1. The van der Waals surface area contributed by atoms with Crippen LogP contribution >= 0.6 is 24.0 Å². The first-order valence-corrected chi connectivity index (χ1v) is 8.12. The highest BCUT2D eigenvalue weighted by Gasteiger charge is 2.13. The Kier molecular flexibility index (Phi) is 8.98. The third-order valence-corrected chi connectivity index (χ3v) is 3.97. The van der Waals surface area contributed by atoms with E-state index < -0.39 is 0 Å². The zero-order chi connectivity index (χ0) is 15.8. The van der Waals surface area contributed by atoms with Crippen LogP contribution in [0.2, 0.25) is 0 Å². The summed E-state index contributed by atoms with van der Waals surface area (Å²) < 4.78 is 0. The van der Waals surface area contributed by atoms with Crippen LogP contribution in [0, 0.1) is 0 Å². The minimum atomic E-state index is -0.151. The number of rotatable bonds is 5. The number of nitrogens with zero attached hydrogens (tertiary/aromatic N) is 1. The Morgan fingerprint density at radius 1 is 1.30 bits per heavy atom. The molecule has 4 N–H and O–H groups in total. The van der Waals surface area contributed by atoms with E-state index in [0.717, 1.165) is 24.9 Å². The normalized spacial score (nSPS) is 15.6. The highest BCUT2D eigenvalue weighted by atomic mass is 127. The fourth-order valence-electron chi connectivity index (χ4n) is 2.73. The van der Waals surface area contributed by atoms with Crippen molar-refractivity contribution >= 4 is 41.5 Å². The van der Waals surface area contributed by atoms with Gasteiger partial charge in [0.2, 0.25) is 5.91 Å². The number of anilines is 1. The van der Waals surface area contributed by atoms with Crippen LogP contribution in [0.5, 0.6) is 0 Å². The second-order valence-corrected chi connectivity index (χ2v) is 5.78. The second kappa shape index (κ2) is 10.5. The largest absolute Gasteiger partial charge is 0.370 e. The van der Waals surface area contributed by atoms with Gasteiger partial charge in [-0.15, -0.1) is 24.0 Å². The van der Waals surface area contributed by atoms with Gasteiger partial charge in [0.25, 0.3) is 0 Å². The molecule has 0 atom stereocenters. The quantitative estimate of drug-likeness (QED) is 0.382. The lowest BCUT2D eigenvalue weighted by Crippen LogP contribution is -2.41. The second-order valence-electron chi connectivity index (χ2n) is 5.78. The lowest BCUT2D eigenvalue weighted by Gasteiger charge is -2.23. The van der Waals surface area contributed by atoms with Crippen LogP contribution < -0.4 is 16.4 Å². The number of aryl methyl sites for hydroxylation is 1. The van der Waals surface area contributed by atoms with E-state index in [0.29, 0.717) is 12.0 Å². The maximum Gasteiger partial charge on any atom is 0.246 e. The molecule has 0 saturated heterocycles. The van der Waals surface area contributed by atoms with Crippen molar-refractivity contribution in [2.75, 3.05) is 11.9 Å². The fourth-order valence-corrected chi connectivity index (χ4v) is 2.73. The molecule has 0 radical (unpaired) electrons. The van der Waals surface area contributed by atoms with E-state index in [9.17, 15) is 4.79 Å². The van der Waals surface area contributed by atoms with Crippen LogP contribution in [0.4, 0.5) is 5.69 Å². The number of halogens is 1. The summed E-state index contributed by atoms with van der Waals surface area (Å²) in [6.45, 7) is 2.13.